The molecule has 1 aliphatic heterocycles. The Bertz CT molecular complexity index is 391. The van der Waals surface area contributed by atoms with Crippen LogP contribution in [-0.2, 0) is 22.6 Å². The highest BCUT2D eigenvalue weighted by molar-refractivity contribution is 5.72. The lowest BCUT2D eigenvalue weighted by atomic mass is 10.2. The molecule has 1 N–H and O–H groups in total. The molecule has 1 fully saturated rings. The average Bonchev–Trinajstić information content (AvgIpc) is 2.76. The van der Waals surface area contributed by atoms with Gasteiger partial charge < -0.3 is 9.84 Å². The molecule has 0 radical (unpaired) electrons. The van der Waals surface area contributed by atoms with Crippen molar-refractivity contribution in [3.05, 3.63) is 18.0 Å². The Morgan fingerprint density at radius 1 is 1.71 bits per heavy atom. The Hall–Kier alpha value is -1.40. The van der Waals surface area contributed by atoms with Crippen LogP contribution in [0.15, 0.2) is 12.3 Å². The number of ether oxygens (including phenoxy) is 1. The van der Waals surface area contributed by atoms with Crippen LogP contribution in [-0.4, -0.2) is 51.6 Å². The van der Waals surface area contributed by atoms with Crippen LogP contribution in [0.3, 0.4) is 0 Å². The van der Waals surface area contributed by atoms with Crippen LogP contribution in [0.1, 0.15) is 12.6 Å². The van der Waals surface area contributed by atoms with Crippen LogP contribution in [0.5, 0.6) is 0 Å². The molecule has 0 amide bonds. The van der Waals surface area contributed by atoms with E-state index in [0.29, 0.717) is 13.2 Å². The van der Waals surface area contributed by atoms with Gasteiger partial charge in [0.2, 0.25) is 0 Å². The van der Waals surface area contributed by atoms with Gasteiger partial charge >= 0.3 is 5.97 Å². The molecule has 0 spiro atoms. The third-order valence-electron chi connectivity index (χ3n) is 2.92. The zero-order valence-electron chi connectivity index (χ0n) is 9.87. The van der Waals surface area contributed by atoms with Crippen LogP contribution in [0.25, 0.3) is 0 Å². The maximum absolute atomic E-state index is 10.9. The Balaban J connectivity index is 1.97. The third-order valence-corrected chi connectivity index (χ3v) is 2.92. The summed E-state index contributed by atoms with van der Waals surface area (Å²) in [5, 5.41) is 13.1. The zero-order chi connectivity index (χ0) is 12.3. The fourth-order valence-corrected chi connectivity index (χ4v) is 2.00. The molecule has 1 aromatic rings. The van der Waals surface area contributed by atoms with E-state index >= 15 is 0 Å². The molecule has 6 nitrogen and oxygen atoms in total. The highest BCUT2D eigenvalue weighted by atomic mass is 16.5. The Morgan fingerprint density at radius 2 is 2.53 bits per heavy atom. The van der Waals surface area contributed by atoms with Crippen LogP contribution in [0, 0.1) is 0 Å². The summed E-state index contributed by atoms with van der Waals surface area (Å²) in [5.41, 5.74) is 1.11. The first-order valence-corrected chi connectivity index (χ1v) is 5.78. The summed E-state index contributed by atoms with van der Waals surface area (Å²) in [5.74, 6) is -0.890. The maximum Gasteiger partial charge on any atom is 0.334 e. The maximum atomic E-state index is 10.9. The largest absolute Gasteiger partial charge is 0.479 e. The summed E-state index contributed by atoms with van der Waals surface area (Å²) in [6, 6.07) is 1.97. The van der Waals surface area contributed by atoms with Gasteiger partial charge in [-0.3, -0.25) is 9.58 Å². The normalized spacial score (nSPS) is 21.6. The molecule has 1 atom stereocenters. The van der Waals surface area contributed by atoms with E-state index in [1.54, 1.807) is 6.20 Å². The van der Waals surface area contributed by atoms with Gasteiger partial charge in [0, 0.05) is 32.4 Å². The van der Waals surface area contributed by atoms with Crippen molar-refractivity contribution in [2.45, 2.75) is 26.1 Å². The van der Waals surface area contributed by atoms with Crippen molar-refractivity contribution in [1.29, 1.82) is 0 Å². The topological polar surface area (TPSA) is 67.6 Å². The van der Waals surface area contributed by atoms with E-state index in [1.807, 2.05) is 17.7 Å². The predicted molar refractivity (Wildman–Crippen MR) is 60.6 cm³/mol. The van der Waals surface area contributed by atoms with E-state index in [0.717, 1.165) is 25.3 Å². The van der Waals surface area contributed by atoms with E-state index < -0.39 is 12.1 Å². The first-order valence-electron chi connectivity index (χ1n) is 5.78. The predicted octanol–water partition coefficient (Wildman–Crippen LogP) is 0.188. The van der Waals surface area contributed by atoms with Gasteiger partial charge in [0.15, 0.2) is 6.10 Å². The molecule has 0 bridgehead atoms. The number of hydrogen-bond donors (Lipinski definition) is 1. The highest BCUT2D eigenvalue weighted by Crippen LogP contribution is 2.10. The lowest BCUT2D eigenvalue weighted by Crippen LogP contribution is -2.45. The molecule has 0 aromatic carbocycles. The van der Waals surface area contributed by atoms with E-state index in [2.05, 4.69) is 10.00 Å². The number of aliphatic carboxylic acids is 1. The fourth-order valence-electron chi connectivity index (χ4n) is 2.00. The van der Waals surface area contributed by atoms with Crippen LogP contribution >= 0.6 is 0 Å². The van der Waals surface area contributed by atoms with Crippen LogP contribution < -0.4 is 0 Å². The van der Waals surface area contributed by atoms with Gasteiger partial charge in [-0.15, -0.1) is 0 Å². The minimum Gasteiger partial charge on any atom is -0.479 e. The monoisotopic (exact) mass is 239 g/mol. The Kier molecular flexibility index (Phi) is 3.75. The summed E-state index contributed by atoms with van der Waals surface area (Å²) in [7, 11) is 0. The number of hydrogen-bond acceptors (Lipinski definition) is 4. The number of aryl methyl sites for hydroxylation is 1. The first-order chi connectivity index (χ1) is 8.20. The third kappa shape index (κ3) is 2.83. The molecule has 1 aliphatic rings. The second kappa shape index (κ2) is 5.29. The zero-order valence-corrected chi connectivity index (χ0v) is 9.87. The number of rotatable bonds is 4. The SMILES string of the molecule is CCn1nccc1CN1CCOC(C(=O)O)C1. The lowest BCUT2D eigenvalue weighted by Gasteiger charge is -2.30. The highest BCUT2D eigenvalue weighted by Gasteiger charge is 2.26. The van der Waals surface area contributed by atoms with Gasteiger partial charge in [0.1, 0.15) is 0 Å². The van der Waals surface area contributed by atoms with Crippen molar-refractivity contribution in [2.75, 3.05) is 19.7 Å². The number of carboxylic acids is 1. The summed E-state index contributed by atoms with van der Waals surface area (Å²) >= 11 is 0. The second-order valence-electron chi connectivity index (χ2n) is 4.07. The number of carboxylic acid groups (broad SMARTS) is 1. The van der Waals surface area contributed by atoms with Crippen molar-refractivity contribution in [1.82, 2.24) is 14.7 Å². The van der Waals surface area contributed by atoms with E-state index in [4.69, 9.17) is 9.84 Å². The molecule has 1 saturated heterocycles. The molecule has 17 heavy (non-hydrogen) atoms. The molecule has 94 valence electrons. The van der Waals surface area contributed by atoms with Crippen molar-refractivity contribution < 1.29 is 14.6 Å². The number of nitrogens with zero attached hydrogens (tertiary/aromatic N) is 3. The lowest BCUT2D eigenvalue weighted by molar-refractivity contribution is -0.156. The Labute approximate surface area is 99.8 Å². The number of carbonyl (C=O) groups is 1. The molecular weight excluding hydrogens is 222 g/mol. The summed E-state index contributed by atoms with van der Waals surface area (Å²) in [6.45, 7) is 5.26. The standard InChI is InChI=1S/C11H17N3O3/c1-2-14-9(3-4-12-14)7-13-5-6-17-10(8-13)11(15)16/h3-4,10H,2,5-8H2,1H3,(H,15,16). The van der Waals surface area contributed by atoms with Crippen molar-refractivity contribution >= 4 is 5.97 Å². The van der Waals surface area contributed by atoms with Gasteiger partial charge in [-0.1, -0.05) is 0 Å². The molecule has 1 aromatic heterocycles. The quantitative estimate of drug-likeness (QED) is 0.812. The molecule has 0 saturated carbocycles. The fraction of sp³-hybridized carbons (Fsp3) is 0.636. The first kappa shape index (κ1) is 12.1. The minimum atomic E-state index is -0.890. The van der Waals surface area contributed by atoms with Gasteiger partial charge in [0.05, 0.1) is 12.3 Å². The molecule has 6 heteroatoms. The van der Waals surface area contributed by atoms with Gasteiger partial charge in [0.25, 0.3) is 0 Å². The van der Waals surface area contributed by atoms with E-state index in [9.17, 15) is 4.79 Å². The van der Waals surface area contributed by atoms with Crippen molar-refractivity contribution in [3.63, 3.8) is 0 Å². The summed E-state index contributed by atoms with van der Waals surface area (Å²) in [4.78, 5) is 12.9. The van der Waals surface area contributed by atoms with Gasteiger partial charge in [-0.05, 0) is 13.0 Å². The van der Waals surface area contributed by atoms with Gasteiger partial charge in [-0.2, -0.15) is 5.10 Å². The molecule has 2 rings (SSSR count). The molecular formula is C11H17N3O3. The minimum absolute atomic E-state index is 0.435. The second-order valence-corrected chi connectivity index (χ2v) is 4.07. The Morgan fingerprint density at radius 3 is 3.24 bits per heavy atom. The average molecular weight is 239 g/mol. The van der Waals surface area contributed by atoms with Gasteiger partial charge in [-0.25, -0.2) is 4.79 Å². The molecule has 0 aliphatic carbocycles. The summed E-state index contributed by atoms with van der Waals surface area (Å²) in [6.07, 6.45) is 1.07. The number of aromatic nitrogens is 2. The van der Waals surface area contributed by atoms with Crippen LogP contribution in [0.4, 0.5) is 0 Å². The van der Waals surface area contributed by atoms with Crippen molar-refractivity contribution in [2.24, 2.45) is 0 Å². The van der Waals surface area contributed by atoms with Crippen molar-refractivity contribution in [3.8, 4) is 0 Å². The van der Waals surface area contributed by atoms with E-state index in [1.165, 1.54) is 0 Å². The number of morpholine rings is 1. The molecule has 2 heterocycles. The summed E-state index contributed by atoms with van der Waals surface area (Å²) < 4.78 is 7.10. The van der Waals surface area contributed by atoms with E-state index in [-0.39, 0.29) is 0 Å². The van der Waals surface area contributed by atoms with Crippen LogP contribution in [0.2, 0.25) is 0 Å². The smallest absolute Gasteiger partial charge is 0.334 e. The molecule has 1 unspecified atom stereocenters.